The number of hydrogen-bond acceptors (Lipinski definition) is 6. The number of rotatable bonds is 5. The van der Waals surface area contributed by atoms with E-state index in [1.54, 1.807) is 20.0 Å². The molecular formula is C25H34N4O3S. The summed E-state index contributed by atoms with van der Waals surface area (Å²) in [4.78, 5) is 12.0. The number of nitrogens with zero attached hydrogens (tertiary/aromatic N) is 4. The molecule has 0 radical (unpaired) electrons. The number of fused-ring (bicyclic) bond motifs is 3. The van der Waals surface area contributed by atoms with Crippen LogP contribution in [0.25, 0.3) is 10.9 Å². The van der Waals surface area contributed by atoms with Crippen LogP contribution in [-0.2, 0) is 28.4 Å². The van der Waals surface area contributed by atoms with Gasteiger partial charge in [0.25, 0.3) is 0 Å². The summed E-state index contributed by atoms with van der Waals surface area (Å²) in [5.74, 6) is 0.938. The van der Waals surface area contributed by atoms with E-state index in [0.29, 0.717) is 30.4 Å². The molecule has 1 N–H and O–H groups in total. The number of sulfone groups is 1. The minimum absolute atomic E-state index is 0.0466. The van der Waals surface area contributed by atoms with E-state index in [1.165, 1.54) is 6.26 Å². The Balaban J connectivity index is 1.85. The Hall–Kier alpha value is -2.45. The summed E-state index contributed by atoms with van der Waals surface area (Å²) in [7, 11) is -3.31. The van der Waals surface area contributed by atoms with Crippen molar-refractivity contribution < 1.29 is 13.5 Å². The summed E-state index contributed by atoms with van der Waals surface area (Å²) in [5.41, 5.74) is 3.45. The van der Waals surface area contributed by atoms with Crippen LogP contribution < -0.4 is 4.90 Å². The van der Waals surface area contributed by atoms with Gasteiger partial charge in [0.15, 0.2) is 9.84 Å². The molecule has 178 valence electrons. The van der Waals surface area contributed by atoms with Crippen LogP contribution in [0.3, 0.4) is 0 Å². The van der Waals surface area contributed by atoms with E-state index in [1.807, 2.05) is 26.0 Å². The highest BCUT2D eigenvalue weighted by molar-refractivity contribution is 7.90. The molecule has 1 aromatic carbocycles. The molecule has 0 saturated carbocycles. The van der Waals surface area contributed by atoms with Crippen LogP contribution in [0.2, 0.25) is 0 Å². The van der Waals surface area contributed by atoms with Crippen molar-refractivity contribution in [3.05, 3.63) is 46.9 Å². The standard InChI is InChI=1S/C25H34N4O3S/c1-8-17-11-18-12-21-23(15(2)3)29(24-26-14-19(16(4)27-24)25(5,6)30)10-9-28(21)20(18)13-22(17)33(7,31)32/h11-15,23,30H,8-10H2,1-7H3/t23-/m1/s1. The maximum Gasteiger partial charge on any atom is 0.226 e. The van der Waals surface area contributed by atoms with Gasteiger partial charge < -0.3 is 14.6 Å². The van der Waals surface area contributed by atoms with Gasteiger partial charge in [0.1, 0.15) is 0 Å². The molecule has 7 nitrogen and oxygen atoms in total. The quantitative estimate of drug-likeness (QED) is 0.603. The number of anilines is 1. The predicted octanol–water partition coefficient (Wildman–Crippen LogP) is 4.15. The predicted molar refractivity (Wildman–Crippen MR) is 131 cm³/mol. The van der Waals surface area contributed by atoms with Gasteiger partial charge in [0.2, 0.25) is 5.95 Å². The van der Waals surface area contributed by atoms with Gasteiger partial charge in [-0.2, -0.15) is 0 Å². The first-order valence-electron chi connectivity index (χ1n) is 11.5. The van der Waals surface area contributed by atoms with Crippen LogP contribution in [0.1, 0.15) is 63.2 Å². The van der Waals surface area contributed by atoms with Crippen LogP contribution in [0.4, 0.5) is 5.95 Å². The van der Waals surface area contributed by atoms with E-state index >= 15 is 0 Å². The Bertz CT molecular complexity index is 1320. The highest BCUT2D eigenvalue weighted by Gasteiger charge is 2.34. The highest BCUT2D eigenvalue weighted by atomic mass is 32.2. The molecule has 3 heterocycles. The molecule has 0 unspecified atom stereocenters. The van der Waals surface area contributed by atoms with Crippen molar-refractivity contribution in [2.45, 2.75) is 71.0 Å². The molecule has 1 atom stereocenters. The lowest BCUT2D eigenvalue weighted by molar-refractivity contribution is 0.0770. The van der Waals surface area contributed by atoms with Crippen molar-refractivity contribution in [1.29, 1.82) is 0 Å². The van der Waals surface area contributed by atoms with Gasteiger partial charge in [0, 0.05) is 53.4 Å². The molecule has 0 fully saturated rings. The minimum Gasteiger partial charge on any atom is -0.386 e. The lowest BCUT2D eigenvalue weighted by Crippen LogP contribution is -2.41. The fraction of sp³-hybridized carbons (Fsp3) is 0.520. The maximum absolute atomic E-state index is 12.4. The largest absolute Gasteiger partial charge is 0.386 e. The zero-order chi connectivity index (χ0) is 24.3. The van der Waals surface area contributed by atoms with E-state index in [2.05, 4.69) is 34.4 Å². The number of aliphatic hydroxyl groups is 1. The number of hydrogen-bond donors (Lipinski definition) is 1. The van der Waals surface area contributed by atoms with Crippen molar-refractivity contribution in [2.24, 2.45) is 5.92 Å². The summed E-state index contributed by atoms with van der Waals surface area (Å²) in [5, 5.41) is 11.5. The minimum atomic E-state index is -3.31. The van der Waals surface area contributed by atoms with Crippen molar-refractivity contribution >= 4 is 26.7 Å². The molecule has 0 amide bonds. The molecule has 8 heteroatoms. The first-order chi connectivity index (χ1) is 15.3. The normalized spacial score (nSPS) is 17.1. The van der Waals surface area contributed by atoms with E-state index in [-0.39, 0.29) is 12.0 Å². The monoisotopic (exact) mass is 470 g/mol. The molecule has 33 heavy (non-hydrogen) atoms. The maximum atomic E-state index is 12.4. The summed E-state index contributed by atoms with van der Waals surface area (Å²) < 4.78 is 27.1. The molecule has 3 aromatic rings. The van der Waals surface area contributed by atoms with Gasteiger partial charge in [-0.05, 0) is 56.9 Å². The second-order valence-corrected chi connectivity index (χ2v) is 12.0. The van der Waals surface area contributed by atoms with Crippen LogP contribution in [0, 0.1) is 12.8 Å². The fourth-order valence-corrected chi connectivity index (χ4v) is 6.11. The van der Waals surface area contributed by atoms with E-state index in [9.17, 15) is 13.5 Å². The SMILES string of the molecule is CCc1cc2cc3n(c2cc1S(C)(=O)=O)CCN(c1ncc(C(C)(C)O)c(C)n1)[C@@H]3C(C)C. The smallest absolute Gasteiger partial charge is 0.226 e. The summed E-state index contributed by atoms with van der Waals surface area (Å²) in [6.45, 7) is 13.2. The van der Waals surface area contributed by atoms with Crippen molar-refractivity contribution in [1.82, 2.24) is 14.5 Å². The number of benzene rings is 1. The van der Waals surface area contributed by atoms with Gasteiger partial charge in [0.05, 0.1) is 16.5 Å². The second-order valence-electron chi connectivity index (χ2n) is 9.98. The number of aromatic nitrogens is 3. The van der Waals surface area contributed by atoms with E-state index in [4.69, 9.17) is 4.98 Å². The first-order valence-corrected chi connectivity index (χ1v) is 13.4. The molecule has 0 saturated heterocycles. The molecule has 1 aliphatic rings. The van der Waals surface area contributed by atoms with Crippen LogP contribution in [0.5, 0.6) is 0 Å². The third-order valence-corrected chi connectivity index (χ3v) is 7.79. The Kier molecular flexibility index (Phi) is 5.81. The summed E-state index contributed by atoms with van der Waals surface area (Å²) in [6, 6.07) is 6.11. The zero-order valence-electron chi connectivity index (χ0n) is 20.5. The molecule has 1 aliphatic heterocycles. The van der Waals surface area contributed by atoms with Gasteiger partial charge in [-0.3, -0.25) is 0 Å². The van der Waals surface area contributed by atoms with E-state index in [0.717, 1.165) is 33.4 Å². The van der Waals surface area contributed by atoms with Crippen LogP contribution in [-0.4, -0.2) is 40.9 Å². The topological polar surface area (TPSA) is 88.3 Å². The average Bonchev–Trinajstić information content (AvgIpc) is 3.07. The fourth-order valence-electron chi connectivity index (χ4n) is 5.10. The van der Waals surface area contributed by atoms with E-state index < -0.39 is 15.4 Å². The van der Waals surface area contributed by atoms with Gasteiger partial charge in [-0.25, -0.2) is 18.4 Å². The average molecular weight is 471 g/mol. The van der Waals surface area contributed by atoms with Gasteiger partial charge >= 0.3 is 0 Å². The third-order valence-electron chi connectivity index (χ3n) is 6.61. The molecule has 2 aromatic heterocycles. The van der Waals surface area contributed by atoms with Crippen molar-refractivity contribution in [3.8, 4) is 0 Å². The van der Waals surface area contributed by atoms with Crippen molar-refractivity contribution in [2.75, 3.05) is 17.7 Å². The summed E-state index contributed by atoms with van der Waals surface area (Å²) in [6.07, 6.45) is 3.67. The molecule has 0 spiro atoms. The third kappa shape index (κ3) is 4.15. The second kappa shape index (κ2) is 8.09. The Morgan fingerprint density at radius 1 is 1.21 bits per heavy atom. The molecule has 0 bridgehead atoms. The zero-order valence-corrected chi connectivity index (χ0v) is 21.4. The van der Waals surface area contributed by atoms with Crippen LogP contribution >= 0.6 is 0 Å². The Morgan fingerprint density at radius 3 is 2.45 bits per heavy atom. The van der Waals surface area contributed by atoms with Crippen LogP contribution in [0.15, 0.2) is 29.3 Å². The number of aryl methyl sites for hydroxylation is 2. The summed E-state index contributed by atoms with van der Waals surface area (Å²) >= 11 is 0. The molecule has 0 aliphatic carbocycles. The molecular weight excluding hydrogens is 436 g/mol. The Labute approximate surface area is 196 Å². The van der Waals surface area contributed by atoms with Gasteiger partial charge in [-0.15, -0.1) is 0 Å². The highest BCUT2D eigenvalue weighted by Crippen LogP contribution is 2.39. The van der Waals surface area contributed by atoms with Gasteiger partial charge in [-0.1, -0.05) is 20.8 Å². The van der Waals surface area contributed by atoms with Crippen molar-refractivity contribution in [3.63, 3.8) is 0 Å². The molecule has 4 rings (SSSR count). The Morgan fingerprint density at radius 2 is 1.91 bits per heavy atom. The lowest BCUT2D eigenvalue weighted by Gasteiger charge is -2.39. The first kappa shape index (κ1) is 23.7. The lowest BCUT2D eigenvalue weighted by atomic mass is 9.97.